The van der Waals surface area contributed by atoms with Crippen LogP contribution in [0.15, 0.2) is 64.8 Å². The summed E-state index contributed by atoms with van der Waals surface area (Å²) in [5.41, 5.74) is 1.55. The van der Waals surface area contributed by atoms with Gasteiger partial charge in [-0.05, 0) is 35.9 Å². The van der Waals surface area contributed by atoms with Crippen LogP contribution in [0, 0.1) is 0 Å². The number of halogens is 1. The van der Waals surface area contributed by atoms with E-state index in [1.807, 2.05) is 30.3 Å². The summed E-state index contributed by atoms with van der Waals surface area (Å²) in [6.07, 6.45) is 0. The van der Waals surface area contributed by atoms with Gasteiger partial charge in [0.25, 0.3) is 5.24 Å². The molecule has 0 aliphatic heterocycles. The lowest BCUT2D eigenvalue weighted by molar-refractivity contribution is 0.108. The smallest absolute Gasteiger partial charge is 0.254 e. The Bertz CT molecular complexity index is 552. The first-order valence-electron chi connectivity index (χ1n) is 5.03. The van der Waals surface area contributed by atoms with E-state index < -0.39 is 5.24 Å². The van der Waals surface area contributed by atoms with Crippen LogP contribution < -0.4 is 0 Å². The van der Waals surface area contributed by atoms with Crippen LogP contribution in [-0.2, 0) is 0 Å². The van der Waals surface area contributed by atoms with Crippen LogP contribution in [0.4, 0.5) is 11.4 Å². The Kier molecular flexibility index (Phi) is 3.62. The molecule has 0 N–H and O–H groups in total. The molecular weight excluding hydrogens is 236 g/mol. The number of carbonyl (C=O) groups is 1. The summed E-state index contributed by atoms with van der Waals surface area (Å²) in [6, 6.07) is 16.1. The molecule has 0 radical (unpaired) electrons. The van der Waals surface area contributed by atoms with Crippen LogP contribution >= 0.6 is 11.6 Å². The Morgan fingerprint density at radius 1 is 0.882 bits per heavy atom. The molecule has 0 amide bonds. The standard InChI is InChI=1S/C13H9ClN2O/c14-13(17)11-8-4-5-9-12(11)16-15-10-6-2-1-3-7-10/h1-9H/b16-15+. The molecule has 0 unspecified atom stereocenters. The predicted molar refractivity (Wildman–Crippen MR) is 67.2 cm³/mol. The second kappa shape index (κ2) is 5.37. The van der Waals surface area contributed by atoms with Crippen molar-refractivity contribution in [3.8, 4) is 0 Å². The van der Waals surface area contributed by atoms with Crippen molar-refractivity contribution < 1.29 is 4.79 Å². The quantitative estimate of drug-likeness (QED) is 0.580. The molecule has 0 heterocycles. The maximum atomic E-state index is 11.1. The summed E-state index contributed by atoms with van der Waals surface area (Å²) in [7, 11) is 0. The first-order valence-corrected chi connectivity index (χ1v) is 5.41. The van der Waals surface area contributed by atoms with Gasteiger partial charge in [-0.25, -0.2) is 0 Å². The number of hydrogen-bond donors (Lipinski definition) is 0. The van der Waals surface area contributed by atoms with Gasteiger partial charge in [0.1, 0.15) is 0 Å². The van der Waals surface area contributed by atoms with Gasteiger partial charge in [-0.15, -0.1) is 5.11 Å². The maximum Gasteiger partial charge on any atom is 0.254 e. The first kappa shape index (κ1) is 11.5. The minimum absolute atomic E-state index is 0.355. The summed E-state index contributed by atoms with van der Waals surface area (Å²) in [5, 5.41) is 7.52. The summed E-state index contributed by atoms with van der Waals surface area (Å²) in [6.45, 7) is 0. The highest BCUT2D eigenvalue weighted by Crippen LogP contribution is 2.23. The molecule has 0 aromatic heterocycles. The fraction of sp³-hybridized carbons (Fsp3) is 0. The minimum atomic E-state index is -0.535. The van der Waals surface area contributed by atoms with E-state index >= 15 is 0 Å². The van der Waals surface area contributed by atoms with E-state index in [2.05, 4.69) is 10.2 Å². The zero-order valence-corrected chi connectivity index (χ0v) is 9.63. The lowest BCUT2D eigenvalue weighted by Crippen LogP contribution is -1.87. The molecule has 0 aliphatic carbocycles. The lowest BCUT2D eigenvalue weighted by atomic mass is 10.2. The number of azo groups is 1. The van der Waals surface area contributed by atoms with Crippen LogP contribution in [0.3, 0.4) is 0 Å². The molecule has 3 nitrogen and oxygen atoms in total. The molecule has 0 aliphatic rings. The fourth-order valence-corrected chi connectivity index (χ4v) is 1.49. The van der Waals surface area contributed by atoms with Gasteiger partial charge in [-0.3, -0.25) is 4.79 Å². The van der Waals surface area contributed by atoms with Crippen LogP contribution in [0.1, 0.15) is 10.4 Å². The van der Waals surface area contributed by atoms with E-state index in [4.69, 9.17) is 11.6 Å². The zero-order chi connectivity index (χ0) is 12.1. The van der Waals surface area contributed by atoms with Crippen molar-refractivity contribution in [1.82, 2.24) is 0 Å². The fourth-order valence-electron chi connectivity index (χ4n) is 1.33. The van der Waals surface area contributed by atoms with Crippen molar-refractivity contribution in [3.05, 3.63) is 60.2 Å². The third-order valence-corrected chi connectivity index (χ3v) is 2.35. The van der Waals surface area contributed by atoms with E-state index in [-0.39, 0.29) is 0 Å². The molecule has 0 spiro atoms. The first-order chi connectivity index (χ1) is 8.27. The summed E-state index contributed by atoms with van der Waals surface area (Å²) in [4.78, 5) is 11.1. The van der Waals surface area contributed by atoms with Crippen LogP contribution in [-0.4, -0.2) is 5.24 Å². The topological polar surface area (TPSA) is 41.8 Å². The highest BCUT2D eigenvalue weighted by atomic mass is 35.5. The summed E-state index contributed by atoms with van der Waals surface area (Å²) >= 11 is 5.45. The molecule has 0 saturated carbocycles. The zero-order valence-electron chi connectivity index (χ0n) is 8.88. The van der Waals surface area contributed by atoms with Crippen molar-refractivity contribution in [2.75, 3.05) is 0 Å². The predicted octanol–water partition coefficient (Wildman–Crippen LogP) is 4.48. The third-order valence-electron chi connectivity index (χ3n) is 2.15. The van der Waals surface area contributed by atoms with Crippen molar-refractivity contribution in [2.24, 2.45) is 10.2 Å². The van der Waals surface area contributed by atoms with Crippen molar-refractivity contribution in [3.63, 3.8) is 0 Å². The molecule has 17 heavy (non-hydrogen) atoms. The second-order valence-electron chi connectivity index (χ2n) is 3.33. The van der Waals surface area contributed by atoms with Crippen LogP contribution in [0.2, 0.25) is 0 Å². The van der Waals surface area contributed by atoms with E-state index in [0.29, 0.717) is 11.3 Å². The van der Waals surface area contributed by atoms with Crippen molar-refractivity contribution in [2.45, 2.75) is 0 Å². The van der Waals surface area contributed by atoms with E-state index in [0.717, 1.165) is 5.69 Å². The minimum Gasteiger partial charge on any atom is -0.276 e. The molecule has 2 aromatic carbocycles. The van der Waals surface area contributed by atoms with Gasteiger partial charge >= 0.3 is 0 Å². The number of carbonyl (C=O) groups excluding carboxylic acids is 1. The Hall–Kier alpha value is -2.00. The highest BCUT2D eigenvalue weighted by molar-refractivity contribution is 6.68. The van der Waals surface area contributed by atoms with Gasteiger partial charge < -0.3 is 0 Å². The Morgan fingerprint density at radius 2 is 1.53 bits per heavy atom. The molecule has 0 bridgehead atoms. The van der Waals surface area contributed by atoms with Crippen LogP contribution in [0.25, 0.3) is 0 Å². The molecule has 4 heteroatoms. The molecule has 0 saturated heterocycles. The van der Waals surface area contributed by atoms with Gasteiger partial charge in [0, 0.05) is 0 Å². The van der Waals surface area contributed by atoms with Crippen molar-refractivity contribution in [1.29, 1.82) is 0 Å². The Labute approximate surface area is 104 Å². The number of nitrogens with zero attached hydrogens (tertiary/aromatic N) is 2. The van der Waals surface area contributed by atoms with E-state index in [1.54, 1.807) is 24.3 Å². The van der Waals surface area contributed by atoms with Gasteiger partial charge in [-0.1, -0.05) is 30.3 Å². The molecule has 84 valence electrons. The third kappa shape index (κ3) is 2.98. The SMILES string of the molecule is O=C(Cl)c1ccccc1/N=N/c1ccccc1. The van der Waals surface area contributed by atoms with E-state index in [9.17, 15) is 4.79 Å². The second-order valence-corrected chi connectivity index (χ2v) is 3.67. The molecular formula is C13H9ClN2O. The van der Waals surface area contributed by atoms with E-state index in [1.165, 1.54) is 0 Å². The maximum absolute atomic E-state index is 11.1. The average molecular weight is 245 g/mol. The Balaban J connectivity index is 2.30. The van der Waals surface area contributed by atoms with Gasteiger partial charge in [0.15, 0.2) is 0 Å². The molecule has 2 aromatic rings. The van der Waals surface area contributed by atoms with Crippen LogP contribution in [0.5, 0.6) is 0 Å². The summed E-state index contributed by atoms with van der Waals surface area (Å²) in [5.74, 6) is 0. The van der Waals surface area contributed by atoms with Crippen molar-refractivity contribution >= 4 is 28.2 Å². The molecule has 0 atom stereocenters. The number of rotatable bonds is 3. The average Bonchev–Trinajstić information content (AvgIpc) is 2.38. The number of hydrogen-bond acceptors (Lipinski definition) is 3. The molecule has 2 rings (SSSR count). The Morgan fingerprint density at radius 3 is 2.24 bits per heavy atom. The van der Waals surface area contributed by atoms with Gasteiger partial charge in [-0.2, -0.15) is 5.11 Å². The summed E-state index contributed by atoms with van der Waals surface area (Å²) < 4.78 is 0. The number of benzene rings is 2. The van der Waals surface area contributed by atoms with Gasteiger partial charge in [0.05, 0.1) is 16.9 Å². The monoisotopic (exact) mass is 244 g/mol. The largest absolute Gasteiger partial charge is 0.276 e. The normalized spacial score (nSPS) is 10.6. The highest BCUT2D eigenvalue weighted by Gasteiger charge is 2.06. The molecule has 0 fully saturated rings. The van der Waals surface area contributed by atoms with Gasteiger partial charge in [0.2, 0.25) is 0 Å². The lowest BCUT2D eigenvalue weighted by Gasteiger charge is -1.98.